The molecule has 0 atom stereocenters. The van der Waals surface area contributed by atoms with Crippen molar-refractivity contribution in [2.24, 2.45) is 0 Å². The second-order valence-corrected chi connectivity index (χ2v) is 5.59. The fourth-order valence-electron chi connectivity index (χ4n) is 1.65. The first-order chi connectivity index (χ1) is 10.1. The van der Waals surface area contributed by atoms with Gasteiger partial charge in [0, 0.05) is 10.9 Å². The molecule has 0 fully saturated rings. The maximum absolute atomic E-state index is 11.5. The standard InChI is InChI=1S/C16H21BrO4/c1-2-3-10-20-15(18)7-8-16(19)21-11-9-13-5-4-6-14(17)12-13/h4-6,12H,2-3,7-11H2,1H3. The van der Waals surface area contributed by atoms with Crippen molar-refractivity contribution in [2.75, 3.05) is 13.2 Å². The molecule has 0 aromatic heterocycles. The van der Waals surface area contributed by atoms with Crippen LogP contribution in [0, 0.1) is 0 Å². The highest BCUT2D eigenvalue weighted by Gasteiger charge is 2.09. The first kappa shape index (κ1) is 17.7. The number of ether oxygens (including phenoxy) is 2. The Morgan fingerprint density at radius 2 is 1.76 bits per heavy atom. The van der Waals surface area contributed by atoms with Crippen LogP contribution in [0.1, 0.15) is 38.2 Å². The zero-order chi connectivity index (χ0) is 15.5. The van der Waals surface area contributed by atoms with Crippen LogP contribution in [0.25, 0.3) is 0 Å². The molecule has 0 aliphatic rings. The minimum atomic E-state index is -0.363. The summed E-state index contributed by atoms with van der Waals surface area (Å²) in [6.45, 7) is 2.77. The zero-order valence-electron chi connectivity index (χ0n) is 12.3. The smallest absolute Gasteiger partial charge is 0.306 e. The molecule has 21 heavy (non-hydrogen) atoms. The van der Waals surface area contributed by atoms with Crippen molar-refractivity contribution in [3.05, 3.63) is 34.3 Å². The minimum Gasteiger partial charge on any atom is -0.466 e. The monoisotopic (exact) mass is 356 g/mol. The number of benzene rings is 1. The molecule has 0 N–H and O–H groups in total. The van der Waals surface area contributed by atoms with Crippen molar-refractivity contribution in [3.63, 3.8) is 0 Å². The lowest BCUT2D eigenvalue weighted by molar-refractivity contribution is -0.150. The van der Waals surface area contributed by atoms with Crippen LogP contribution in [0.5, 0.6) is 0 Å². The summed E-state index contributed by atoms with van der Waals surface area (Å²) >= 11 is 3.39. The Bertz CT molecular complexity index is 459. The molecule has 0 aliphatic heterocycles. The van der Waals surface area contributed by atoms with E-state index in [0.717, 1.165) is 22.9 Å². The molecule has 0 spiro atoms. The molecular weight excluding hydrogens is 336 g/mol. The molecule has 116 valence electrons. The average molecular weight is 357 g/mol. The molecule has 1 rings (SSSR count). The molecule has 1 aromatic carbocycles. The summed E-state index contributed by atoms with van der Waals surface area (Å²) in [7, 11) is 0. The lowest BCUT2D eigenvalue weighted by Gasteiger charge is -2.06. The number of carbonyl (C=O) groups is 2. The number of esters is 2. The lowest BCUT2D eigenvalue weighted by atomic mass is 10.2. The Labute approximate surface area is 133 Å². The van der Waals surface area contributed by atoms with E-state index in [0.29, 0.717) is 19.6 Å². The van der Waals surface area contributed by atoms with Crippen molar-refractivity contribution in [3.8, 4) is 0 Å². The maximum atomic E-state index is 11.5. The van der Waals surface area contributed by atoms with Gasteiger partial charge in [-0.15, -0.1) is 0 Å². The van der Waals surface area contributed by atoms with Gasteiger partial charge < -0.3 is 9.47 Å². The maximum Gasteiger partial charge on any atom is 0.306 e. The summed E-state index contributed by atoms with van der Waals surface area (Å²) < 4.78 is 11.1. The van der Waals surface area contributed by atoms with E-state index in [1.165, 1.54) is 0 Å². The lowest BCUT2D eigenvalue weighted by Crippen LogP contribution is -2.12. The molecule has 0 heterocycles. The number of hydrogen-bond donors (Lipinski definition) is 0. The highest BCUT2D eigenvalue weighted by molar-refractivity contribution is 9.10. The van der Waals surface area contributed by atoms with Gasteiger partial charge in [0.2, 0.25) is 0 Å². The van der Waals surface area contributed by atoms with Gasteiger partial charge in [-0.1, -0.05) is 41.4 Å². The molecular formula is C16H21BrO4. The Hall–Kier alpha value is -1.36. The van der Waals surface area contributed by atoms with E-state index in [1.807, 2.05) is 31.2 Å². The fraction of sp³-hybridized carbons (Fsp3) is 0.500. The van der Waals surface area contributed by atoms with Crippen LogP contribution in [0.4, 0.5) is 0 Å². The summed E-state index contributed by atoms with van der Waals surface area (Å²) in [5, 5.41) is 0. The normalized spacial score (nSPS) is 10.2. The average Bonchev–Trinajstić information content (AvgIpc) is 2.45. The first-order valence-electron chi connectivity index (χ1n) is 7.17. The van der Waals surface area contributed by atoms with Gasteiger partial charge in [0.1, 0.15) is 0 Å². The van der Waals surface area contributed by atoms with Gasteiger partial charge in [-0.05, 0) is 24.1 Å². The highest BCUT2D eigenvalue weighted by atomic mass is 79.9. The number of halogens is 1. The van der Waals surface area contributed by atoms with E-state index in [-0.39, 0.29) is 24.8 Å². The Morgan fingerprint density at radius 3 is 2.38 bits per heavy atom. The number of rotatable bonds is 9. The fourth-order valence-corrected chi connectivity index (χ4v) is 2.10. The molecule has 0 amide bonds. The second kappa shape index (κ2) is 10.4. The number of carbonyl (C=O) groups excluding carboxylic acids is 2. The molecule has 4 nitrogen and oxygen atoms in total. The van der Waals surface area contributed by atoms with Gasteiger partial charge in [-0.2, -0.15) is 0 Å². The zero-order valence-corrected chi connectivity index (χ0v) is 13.9. The molecule has 5 heteroatoms. The van der Waals surface area contributed by atoms with E-state index in [9.17, 15) is 9.59 Å². The van der Waals surface area contributed by atoms with E-state index in [4.69, 9.17) is 9.47 Å². The summed E-state index contributed by atoms with van der Waals surface area (Å²) in [4.78, 5) is 22.8. The molecule has 0 unspecified atom stereocenters. The predicted molar refractivity (Wildman–Crippen MR) is 83.9 cm³/mol. The van der Waals surface area contributed by atoms with Crippen LogP contribution in [-0.2, 0) is 25.5 Å². The number of unbranched alkanes of at least 4 members (excludes halogenated alkanes) is 1. The Kier molecular flexibility index (Phi) is 8.74. The number of hydrogen-bond acceptors (Lipinski definition) is 4. The van der Waals surface area contributed by atoms with Crippen molar-refractivity contribution >= 4 is 27.9 Å². The largest absolute Gasteiger partial charge is 0.466 e. The van der Waals surface area contributed by atoms with E-state index in [2.05, 4.69) is 15.9 Å². The van der Waals surface area contributed by atoms with Crippen molar-refractivity contribution in [2.45, 2.75) is 39.0 Å². The summed E-state index contributed by atoms with van der Waals surface area (Å²) in [5.74, 6) is -0.704. The summed E-state index contributed by atoms with van der Waals surface area (Å²) in [6.07, 6.45) is 2.64. The SMILES string of the molecule is CCCCOC(=O)CCC(=O)OCCc1cccc(Br)c1. The van der Waals surface area contributed by atoms with Crippen LogP contribution < -0.4 is 0 Å². The summed E-state index contributed by atoms with van der Waals surface area (Å²) in [5.41, 5.74) is 1.09. The third kappa shape index (κ3) is 8.50. The first-order valence-corrected chi connectivity index (χ1v) is 7.96. The third-order valence-electron chi connectivity index (χ3n) is 2.84. The van der Waals surface area contributed by atoms with Gasteiger partial charge in [0.25, 0.3) is 0 Å². The topological polar surface area (TPSA) is 52.6 Å². The van der Waals surface area contributed by atoms with Gasteiger partial charge in [0.15, 0.2) is 0 Å². The minimum absolute atomic E-state index is 0.0729. The summed E-state index contributed by atoms with van der Waals surface area (Å²) in [6, 6.07) is 7.84. The second-order valence-electron chi connectivity index (χ2n) is 4.67. The van der Waals surface area contributed by atoms with Crippen LogP contribution in [0.2, 0.25) is 0 Å². The van der Waals surface area contributed by atoms with Crippen molar-refractivity contribution < 1.29 is 19.1 Å². The van der Waals surface area contributed by atoms with E-state index >= 15 is 0 Å². The highest BCUT2D eigenvalue weighted by Crippen LogP contribution is 2.12. The van der Waals surface area contributed by atoms with E-state index < -0.39 is 0 Å². The molecule has 0 saturated heterocycles. The van der Waals surface area contributed by atoms with Crippen molar-refractivity contribution in [1.82, 2.24) is 0 Å². The van der Waals surface area contributed by atoms with Crippen LogP contribution >= 0.6 is 15.9 Å². The van der Waals surface area contributed by atoms with Gasteiger partial charge >= 0.3 is 11.9 Å². The third-order valence-corrected chi connectivity index (χ3v) is 3.33. The van der Waals surface area contributed by atoms with Crippen LogP contribution in [0.15, 0.2) is 28.7 Å². The van der Waals surface area contributed by atoms with Gasteiger partial charge in [-0.3, -0.25) is 9.59 Å². The molecule has 0 aliphatic carbocycles. The van der Waals surface area contributed by atoms with Gasteiger partial charge in [0.05, 0.1) is 26.1 Å². The Morgan fingerprint density at radius 1 is 1.10 bits per heavy atom. The quantitative estimate of drug-likeness (QED) is 0.500. The molecule has 0 saturated carbocycles. The Balaban J connectivity index is 2.12. The van der Waals surface area contributed by atoms with Crippen molar-refractivity contribution in [1.29, 1.82) is 0 Å². The van der Waals surface area contributed by atoms with Gasteiger partial charge in [-0.25, -0.2) is 0 Å². The van der Waals surface area contributed by atoms with Crippen LogP contribution in [-0.4, -0.2) is 25.2 Å². The molecule has 0 bridgehead atoms. The van der Waals surface area contributed by atoms with E-state index in [1.54, 1.807) is 0 Å². The predicted octanol–water partition coefficient (Wildman–Crippen LogP) is 3.66. The molecule has 0 radical (unpaired) electrons. The molecule has 1 aromatic rings. The van der Waals surface area contributed by atoms with Crippen LogP contribution in [0.3, 0.4) is 0 Å².